The Morgan fingerprint density at radius 3 is 2.48 bits per heavy atom. The molecule has 1 atom stereocenters. The van der Waals surface area contributed by atoms with Crippen LogP contribution < -0.4 is 10.1 Å². The van der Waals surface area contributed by atoms with E-state index in [4.69, 9.17) is 4.74 Å². The highest BCUT2D eigenvalue weighted by Gasteiger charge is 2.44. The monoisotopic (exact) mass is 374 g/mol. The summed E-state index contributed by atoms with van der Waals surface area (Å²) in [5, 5.41) is 3.18. The average molecular weight is 374 g/mol. The molecule has 1 aromatic carbocycles. The van der Waals surface area contributed by atoms with Gasteiger partial charge in [-0.2, -0.15) is 0 Å². The number of amides is 3. The number of hydrogen-bond acceptors (Lipinski definition) is 4. The number of likely N-dealkylation sites (tertiary alicyclic amines) is 1. The first-order chi connectivity index (χ1) is 12.8. The van der Waals surface area contributed by atoms with E-state index in [1.165, 1.54) is 0 Å². The fourth-order valence-electron chi connectivity index (χ4n) is 3.97. The standard InChI is InChI=1S/C20H30N4O3/c1-22(2)14-18(25)21-16-13-20(27-17-8-6-5-7-15(16)17)9-11-24(12-10-20)19(26)23(3)4/h5-8,16H,9-14H2,1-4H3,(H,21,25)/t16-/m1/s1. The molecule has 1 spiro atoms. The molecule has 7 nitrogen and oxygen atoms in total. The number of fused-ring (bicyclic) bond motifs is 1. The highest BCUT2D eigenvalue weighted by molar-refractivity contribution is 5.78. The molecular weight excluding hydrogens is 344 g/mol. The van der Waals surface area contributed by atoms with Crippen LogP contribution >= 0.6 is 0 Å². The van der Waals surface area contributed by atoms with Crippen LogP contribution in [0, 0.1) is 0 Å². The molecule has 7 heteroatoms. The average Bonchev–Trinajstić information content (AvgIpc) is 2.61. The molecule has 0 aromatic heterocycles. The number of carbonyl (C=O) groups excluding carboxylic acids is 2. The molecule has 3 amide bonds. The van der Waals surface area contributed by atoms with Crippen molar-refractivity contribution in [2.24, 2.45) is 0 Å². The number of likely N-dealkylation sites (N-methyl/N-ethyl adjacent to an activating group) is 1. The quantitative estimate of drug-likeness (QED) is 0.875. The molecule has 0 aliphatic carbocycles. The Morgan fingerprint density at radius 2 is 1.85 bits per heavy atom. The van der Waals surface area contributed by atoms with Crippen LogP contribution in [-0.2, 0) is 4.79 Å². The summed E-state index contributed by atoms with van der Waals surface area (Å²) in [6.07, 6.45) is 2.26. The van der Waals surface area contributed by atoms with Gasteiger partial charge in [-0.3, -0.25) is 4.79 Å². The van der Waals surface area contributed by atoms with E-state index in [9.17, 15) is 9.59 Å². The molecule has 0 unspecified atom stereocenters. The first kappa shape index (κ1) is 19.5. The molecule has 27 heavy (non-hydrogen) atoms. The van der Waals surface area contributed by atoms with Gasteiger partial charge in [-0.05, 0) is 20.2 Å². The number of carbonyl (C=O) groups is 2. The lowest BCUT2D eigenvalue weighted by molar-refractivity contribution is -0.123. The Bertz CT molecular complexity index is 696. The minimum Gasteiger partial charge on any atom is -0.487 e. The third-order valence-corrected chi connectivity index (χ3v) is 5.32. The van der Waals surface area contributed by atoms with Crippen LogP contribution in [0.4, 0.5) is 4.79 Å². The smallest absolute Gasteiger partial charge is 0.319 e. The molecule has 0 bridgehead atoms. The van der Waals surface area contributed by atoms with Crippen molar-refractivity contribution in [3.63, 3.8) is 0 Å². The van der Waals surface area contributed by atoms with Crippen molar-refractivity contribution in [3.05, 3.63) is 29.8 Å². The Kier molecular flexibility index (Phi) is 5.60. The van der Waals surface area contributed by atoms with Gasteiger partial charge in [0.2, 0.25) is 5.91 Å². The number of hydrogen-bond donors (Lipinski definition) is 1. The number of urea groups is 1. The lowest BCUT2D eigenvalue weighted by Gasteiger charge is -2.47. The molecule has 1 aromatic rings. The molecule has 3 rings (SSSR count). The van der Waals surface area contributed by atoms with Crippen molar-refractivity contribution in [3.8, 4) is 5.75 Å². The van der Waals surface area contributed by atoms with Crippen molar-refractivity contribution in [1.29, 1.82) is 0 Å². The van der Waals surface area contributed by atoms with Gasteiger partial charge in [0.05, 0.1) is 12.6 Å². The van der Waals surface area contributed by atoms with Gasteiger partial charge < -0.3 is 24.8 Å². The van der Waals surface area contributed by atoms with E-state index in [1.807, 2.05) is 48.2 Å². The minimum absolute atomic E-state index is 0.0112. The number of nitrogens with zero attached hydrogens (tertiary/aromatic N) is 3. The molecule has 2 aliphatic rings. The van der Waals surface area contributed by atoms with E-state index in [0.717, 1.165) is 30.6 Å². The highest BCUT2D eigenvalue weighted by atomic mass is 16.5. The Balaban J connectivity index is 1.76. The van der Waals surface area contributed by atoms with Crippen LogP contribution in [-0.4, -0.2) is 80.1 Å². The summed E-state index contributed by atoms with van der Waals surface area (Å²) in [6.45, 7) is 1.69. The number of ether oxygens (including phenoxy) is 1. The lowest BCUT2D eigenvalue weighted by atomic mass is 9.80. The number of benzene rings is 1. The van der Waals surface area contributed by atoms with Gasteiger partial charge in [-0.1, -0.05) is 18.2 Å². The van der Waals surface area contributed by atoms with E-state index in [0.29, 0.717) is 19.6 Å². The topological polar surface area (TPSA) is 65.1 Å². The largest absolute Gasteiger partial charge is 0.487 e. The van der Waals surface area contributed by atoms with Crippen LogP contribution in [0.15, 0.2) is 24.3 Å². The van der Waals surface area contributed by atoms with Gasteiger partial charge in [-0.25, -0.2) is 4.79 Å². The Hall–Kier alpha value is -2.28. The van der Waals surface area contributed by atoms with Crippen LogP contribution in [0.3, 0.4) is 0 Å². The molecule has 148 valence electrons. The van der Waals surface area contributed by atoms with Gasteiger partial charge >= 0.3 is 6.03 Å². The summed E-state index contributed by atoms with van der Waals surface area (Å²) in [7, 11) is 7.32. The second-order valence-electron chi connectivity index (χ2n) is 8.05. The van der Waals surface area contributed by atoms with Gasteiger partial charge in [0.15, 0.2) is 0 Å². The summed E-state index contributed by atoms with van der Waals surface area (Å²) in [4.78, 5) is 29.9. The van der Waals surface area contributed by atoms with Crippen LogP contribution in [0.25, 0.3) is 0 Å². The normalized spacial score (nSPS) is 20.8. The molecule has 0 radical (unpaired) electrons. The number of piperidine rings is 1. The van der Waals surface area contributed by atoms with E-state index >= 15 is 0 Å². The molecule has 1 fully saturated rings. The zero-order valence-electron chi connectivity index (χ0n) is 16.7. The molecular formula is C20H30N4O3. The number of nitrogens with one attached hydrogen (secondary N) is 1. The first-order valence-corrected chi connectivity index (χ1v) is 9.48. The predicted octanol–water partition coefficient (Wildman–Crippen LogP) is 1.70. The zero-order valence-corrected chi connectivity index (χ0v) is 16.7. The van der Waals surface area contributed by atoms with Crippen LogP contribution in [0.1, 0.15) is 30.9 Å². The fraction of sp³-hybridized carbons (Fsp3) is 0.600. The summed E-state index contributed by atoms with van der Waals surface area (Å²) in [5.74, 6) is 0.850. The first-order valence-electron chi connectivity index (χ1n) is 9.48. The van der Waals surface area contributed by atoms with Crippen LogP contribution in [0.5, 0.6) is 5.75 Å². The molecule has 2 aliphatic heterocycles. The zero-order chi connectivity index (χ0) is 19.6. The van der Waals surface area contributed by atoms with Crippen molar-refractivity contribution in [2.45, 2.75) is 30.9 Å². The van der Waals surface area contributed by atoms with E-state index < -0.39 is 0 Å². The minimum atomic E-state index is -0.340. The lowest BCUT2D eigenvalue weighted by Crippen LogP contribution is -2.54. The van der Waals surface area contributed by atoms with Gasteiger partial charge in [0.1, 0.15) is 11.4 Å². The van der Waals surface area contributed by atoms with Gasteiger partial charge in [0.25, 0.3) is 0 Å². The fourth-order valence-corrected chi connectivity index (χ4v) is 3.97. The van der Waals surface area contributed by atoms with Gasteiger partial charge in [-0.15, -0.1) is 0 Å². The van der Waals surface area contributed by atoms with E-state index in [2.05, 4.69) is 5.32 Å². The van der Waals surface area contributed by atoms with Crippen molar-refractivity contribution < 1.29 is 14.3 Å². The Morgan fingerprint density at radius 1 is 1.19 bits per heavy atom. The molecule has 1 saturated heterocycles. The van der Waals surface area contributed by atoms with Crippen molar-refractivity contribution >= 4 is 11.9 Å². The molecule has 2 heterocycles. The summed E-state index contributed by atoms with van der Waals surface area (Å²) in [5.41, 5.74) is 0.690. The highest BCUT2D eigenvalue weighted by Crippen LogP contribution is 2.44. The molecule has 0 saturated carbocycles. The summed E-state index contributed by atoms with van der Waals surface area (Å²) in [6, 6.07) is 7.90. The third kappa shape index (κ3) is 4.35. The van der Waals surface area contributed by atoms with Crippen molar-refractivity contribution in [2.75, 3.05) is 47.8 Å². The number of para-hydroxylation sites is 1. The predicted molar refractivity (Wildman–Crippen MR) is 104 cm³/mol. The maximum atomic E-state index is 12.4. The Labute approximate surface area is 161 Å². The van der Waals surface area contributed by atoms with Crippen LogP contribution in [0.2, 0.25) is 0 Å². The second-order valence-corrected chi connectivity index (χ2v) is 8.05. The van der Waals surface area contributed by atoms with E-state index in [1.54, 1.807) is 19.0 Å². The third-order valence-electron chi connectivity index (χ3n) is 5.32. The second kappa shape index (κ2) is 7.76. The number of rotatable bonds is 3. The summed E-state index contributed by atoms with van der Waals surface area (Å²) < 4.78 is 6.43. The summed E-state index contributed by atoms with van der Waals surface area (Å²) >= 11 is 0. The van der Waals surface area contributed by atoms with Gasteiger partial charge in [0, 0.05) is 52.0 Å². The van der Waals surface area contributed by atoms with Crippen molar-refractivity contribution in [1.82, 2.24) is 20.0 Å². The SMILES string of the molecule is CN(C)CC(=O)N[C@@H]1CC2(CCN(C(=O)N(C)C)CC2)Oc2ccccc21. The molecule has 1 N–H and O–H groups in total. The maximum Gasteiger partial charge on any atom is 0.319 e. The maximum absolute atomic E-state index is 12.4. The van der Waals surface area contributed by atoms with E-state index in [-0.39, 0.29) is 23.6 Å².